The summed E-state index contributed by atoms with van der Waals surface area (Å²) in [6.07, 6.45) is 5.46. The molecule has 0 bridgehead atoms. The van der Waals surface area contributed by atoms with Crippen molar-refractivity contribution in [1.29, 1.82) is 0 Å². The van der Waals surface area contributed by atoms with Crippen molar-refractivity contribution in [2.24, 2.45) is 5.73 Å². The topological polar surface area (TPSA) is 35.2 Å². The van der Waals surface area contributed by atoms with Gasteiger partial charge in [0.25, 0.3) is 0 Å². The third-order valence-electron chi connectivity index (χ3n) is 3.46. The molecule has 17 heavy (non-hydrogen) atoms. The minimum absolute atomic E-state index is 0.178. The maximum Gasteiger partial charge on any atom is 0.119 e. The first-order chi connectivity index (χ1) is 8.33. The van der Waals surface area contributed by atoms with E-state index in [2.05, 4.69) is 24.3 Å². The second-order valence-electron chi connectivity index (χ2n) is 4.96. The second kappa shape index (κ2) is 4.91. The smallest absolute Gasteiger partial charge is 0.119 e. The molecule has 2 N–H and O–H groups in total. The highest BCUT2D eigenvalue weighted by molar-refractivity contribution is 8.00. The van der Waals surface area contributed by atoms with Gasteiger partial charge in [-0.25, -0.2) is 0 Å². The molecule has 92 valence electrons. The lowest BCUT2D eigenvalue weighted by Crippen LogP contribution is -2.21. The molecular formula is C14H19NOS. The van der Waals surface area contributed by atoms with Crippen LogP contribution in [0, 0.1) is 0 Å². The van der Waals surface area contributed by atoms with Crippen LogP contribution in [-0.2, 0) is 0 Å². The van der Waals surface area contributed by atoms with Crippen LogP contribution in [0.25, 0.3) is 0 Å². The highest BCUT2D eigenvalue weighted by Crippen LogP contribution is 2.35. The van der Waals surface area contributed by atoms with Gasteiger partial charge in [0, 0.05) is 11.3 Å². The maximum absolute atomic E-state index is 6.30. The molecule has 2 fully saturated rings. The van der Waals surface area contributed by atoms with Gasteiger partial charge in [0.15, 0.2) is 0 Å². The fourth-order valence-corrected chi connectivity index (χ4v) is 3.58. The zero-order chi connectivity index (χ0) is 11.7. The van der Waals surface area contributed by atoms with E-state index >= 15 is 0 Å². The number of thioether (sulfide) groups is 1. The lowest BCUT2D eigenvalue weighted by Gasteiger charge is -2.18. The van der Waals surface area contributed by atoms with Crippen molar-refractivity contribution in [1.82, 2.24) is 0 Å². The fourth-order valence-electron chi connectivity index (χ4n) is 2.25. The first kappa shape index (κ1) is 11.4. The van der Waals surface area contributed by atoms with Crippen LogP contribution in [-0.4, -0.2) is 17.1 Å². The lowest BCUT2D eigenvalue weighted by molar-refractivity contribution is 0.303. The van der Waals surface area contributed by atoms with Crippen molar-refractivity contribution in [3.05, 3.63) is 29.8 Å². The predicted molar refractivity (Wildman–Crippen MR) is 72.5 cm³/mol. The number of rotatable bonds is 4. The number of hydrogen-bond acceptors (Lipinski definition) is 3. The standard InChI is InChI=1S/C14H19NOS/c15-14(13-2-1-9-17-13)10-3-5-11(6-4-10)16-12-7-8-12/h3-6,12-14H,1-2,7-9,15H2. The van der Waals surface area contributed by atoms with E-state index in [1.54, 1.807) is 0 Å². The number of nitrogens with two attached hydrogens (primary N) is 1. The molecule has 1 aliphatic carbocycles. The van der Waals surface area contributed by atoms with Gasteiger partial charge in [-0.15, -0.1) is 0 Å². The SMILES string of the molecule is NC(c1ccc(OC2CC2)cc1)C1CCCS1. The molecule has 2 nitrogen and oxygen atoms in total. The summed E-state index contributed by atoms with van der Waals surface area (Å²) in [5.41, 5.74) is 7.55. The largest absolute Gasteiger partial charge is 0.490 e. The molecule has 3 rings (SSSR count). The Kier molecular flexibility index (Phi) is 3.30. The van der Waals surface area contributed by atoms with Crippen molar-refractivity contribution in [2.75, 3.05) is 5.75 Å². The molecular weight excluding hydrogens is 230 g/mol. The molecule has 2 unspecified atom stereocenters. The van der Waals surface area contributed by atoms with Crippen molar-refractivity contribution < 1.29 is 4.74 Å². The summed E-state index contributed by atoms with van der Waals surface area (Å²) < 4.78 is 5.74. The summed E-state index contributed by atoms with van der Waals surface area (Å²) in [6, 6.07) is 8.56. The van der Waals surface area contributed by atoms with E-state index in [9.17, 15) is 0 Å². The van der Waals surface area contributed by atoms with Gasteiger partial charge < -0.3 is 10.5 Å². The summed E-state index contributed by atoms with van der Waals surface area (Å²) >= 11 is 2.01. The molecule has 0 radical (unpaired) electrons. The first-order valence-electron chi connectivity index (χ1n) is 6.47. The van der Waals surface area contributed by atoms with Crippen molar-refractivity contribution in [3.63, 3.8) is 0 Å². The molecule has 1 saturated heterocycles. The van der Waals surface area contributed by atoms with Crippen LogP contribution in [0.15, 0.2) is 24.3 Å². The Bertz CT molecular complexity index is 368. The molecule has 1 aliphatic heterocycles. The zero-order valence-electron chi connectivity index (χ0n) is 9.97. The lowest BCUT2D eigenvalue weighted by atomic mass is 10.0. The predicted octanol–water partition coefficient (Wildman–Crippen LogP) is 3.12. The van der Waals surface area contributed by atoms with Crippen LogP contribution in [0.5, 0.6) is 5.75 Å². The number of benzene rings is 1. The normalized spacial score (nSPS) is 25.8. The van der Waals surface area contributed by atoms with Crippen LogP contribution in [0.4, 0.5) is 0 Å². The monoisotopic (exact) mass is 249 g/mol. The number of ether oxygens (including phenoxy) is 1. The Labute approximate surface area is 107 Å². The third kappa shape index (κ3) is 2.78. The molecule has 1 aromatic carbocycles. The van der Waals surface area contributed by atoms with Gasteiger partial charge in [-0.2, -0.15) is 11.8 Å². The molecule has 1 aromatic rings. The average molecular weight is 249 g/mol. The van der Waals surface area contributed by atoms with Crippen LogP contribution >= 0.6 is 11.8 Å². The van der Waals surface area contributed by atoms with Crippen LogP contribution in [0.3, 0.4) is 0 Å². The van der Waals surface area contributed by atoms with E-state index in [-0.39, 0.29) is 6.04 Å². The molecule has 0 amide bonds. The number of hydrogen-bond donors (Lipinski definition) is 1. The molecule has 3 heteroatoms. The molecule has 2 atom stereocenters. The van der Waals surface area contributed by atoms with Crippen LogP contribution < -0.4 is 10.5 Å². The first-order valence-corrected chi connectivity index (χ1v) is 7.51. The van der Waals surface area contributed by atoms with Crippen molar-refractivity contribution >= 4 is 11.8 Å². The highest BCUT2D eigenvalue weighted by atomic mass is 32.2. The van der Waals surface area contributed by atoms with E-state index in [1.807, 2.05) is 11.8 Å². The Hall–Kier alpha value is -0.670. The van der Waals surface area contributed by atoms with Crippen LogP contribution in [0.2, 0.25) is 0 Å². The van der Waals surface area contributed by atoms with Gasteiger partial charge in [0.2, 0.25) is 0 Å². The van der Waals surface area contributed by atoms with Gasteiger partial charge in [-0.05, 0) is 49.1 Å². The van der Waals surface area contributed by atoms with Gasteiger partial charge in [-0.3, -0.25) is 0 Å². The van der Waals surface area contributed by atoms with E-state index in [0.717, 1.165) is 5.75 Å². The minimum Gasteiger partial charge on any atom is -0.490 e. The molecule has 0 aromatic heterocycles. The minimum atomic E-state index is 0.178. The average Bonchev–Trinajstić information content (AvgIpc) is 3.00. The summed E-state index contributed by atoms with van der Waals surface area (Å²) in [5.74, 6) is 2.25. The summed E-state index contributed by atoms with van der Waals surface area (Å²) in [7, 11) is 0. The molecule has 0 spiro atoms. The fraction of sp³-hybridized carbons (Fsp3) is 0.571. The third-order valence-corrected chi connectivity index (χ3v) is 4.94. The molecule has 1 heterocycles. The van der Waals surface area contributed by atoms with Crippen LogP contribution in [0.1, 0.15) is 37.3 Å². The van der Waals surface area contributed by atoms with Gasteiger partial charge in [-0.1, -0.05) is 12.1 Å². The van der Waals surface area contributed by atoms with Gasteiger partial charge in [0.05, 0.1) is 6.10 Å². The quantitative estimate of drug-likeness (QED) is 0.890. The Morgan fingerprint density at radius 1 is 1.18 bits per heavy atom. The molecule has 2 aliphatic rings. The van der Waals surface area contributed by atoms with E-state index in [1.165, 1.54) is 37.0 Å². The van der Waals surface area contributed by atoms with Crippen molar-refractivity contribution in [2.45, 2.75) is 43.1 Å². The maximum atomic E-state index is 6.30. The van der Waals surface area contributed by atoms with E-state index in [0.29, 0.717) is 11.4 Å². The van der Waals surface area contributed by atoms with Gasteiger partial charge in [0.1, 0.15) is 5.75 Å². The zero-order valence-corrected chi connectivity index (χ0v) is 10.8. The summed E-state index contributed by atoms with van der Waals surface area (Å²) in [4.78, 5) is 0. The highest BCUT2D eigenvalue weighted by Gasteiger charge is 2.25. The summed E-state index contributed by atoms with van der Waals surface area (Å²) in [6.45, 7) is 0. The van der Waals surface area contributed by atoms with Crippen molar-refractivity contribution in [3.8, 4) is 5.75 Å². The second-order valence-corrected chi connectivity index (χ2v) is 6.31. The Balaban J connectivity index is 1.65. The summed E-state index contributed by atoms with van der Waals surface area (Å²) in [5, 5.41) is 0.602. The Morgan fingerprint density at radius 3 is 2.53 bits per heavy atom. The van der Waals surface area contributed by atoms with E-state index < -0.39 is 0 Å². The van der Waals surface area contributed by atoms with Gasteiger partial charge >= 0.3 is 0 Å². The molecule has 1 saturated carbocycles. The van der Waals surface area contributed by atoms with E-state index in [4.69, 9.17) is 10.5 Å². The Morgan fingerprint density at radius 2 is 1.94 bits per heavy atom.